The Morgan fingerprint density at radius 1 is 1.11 bits per heavy atom. The van der Waals surface area contributed by atoms with E-state index in [4.69, 9.17) is 11.6 Å². The van der Waals surface area contributed by atoms with Crippen molar-refractivity contribution in [3.8, 4) is 0 Å². The molecule has 0 saturated carbocycles. The van der Waals surface area contributed by atoms with E-state index in [0.717, 1.165) is 0 Å². The molecule has 1 N–H and O–H groups in total. The maximum Gasteiger partial charge on any atom is 0.129 e. The number of anilines is 1. The Morgan fingerprint density at radius 3 is 2.61 bits per heavy atom. The maximum absolute atomic E-state index is 13.6. The van der Waals surface area contributed by atoms with Gasteiger partial charge >= 0.3 is 0 Å². The summed E-state index contributed by atoms with van der Waals surface area (Å²) in [4.78, 5) is 0. The van der Waals surface area contributed by atoms with Gasteiger partial charge in [-0.25, -0.2) is 8.78 Å². The van der Waals surface area contributed by atoms with Crippen molar-refractivity contribution in [2.24, 2.45) is 0 Å². The van der Waals surface area contributed by atoms with Gasteiger partial charge in [0.2, 0.25) is 0 Å². The van der Waals surface area contributed by atoms with Crippen LogP contribution in [0.4, 0.5) is 14.5 Å². The number of halogens is 4. The zero-order valence-corrected chi connectivity index (χ0v) is 11.5. The smallest absolute Gasteiger partial charge is 0.129 e. The Morgan fingerprint density at radius 2 is 1.89 bits per heavy atom. The molecule has 18 heavy (non-hydrogen) atoms. The normalized spacial score (nSPS) is 10.4. The van der Waals surface area contributed by atoms with Crippen LogP contribution in [0.3, 0.4) is 0 Å². The summed E-state index contributed by atoms with van der Waals surface area (Å²) in [6.07, 6.45) is 0. The quantitative estimate of drug-likeness (QED) is 0.834. The molecule has 0 heterocycles. The zero-order chi connectivity index (χ0) is 13.1. The second kappa shape index (κ2) is 5.67. The Kier molecular flexibility index (Phi) is 4.19. The molecule has 0 aliphatic rings. The lowest BCUT2D eigenvalue weighted by atomic mass is 10.2. The number of benzene rings is 2. The van der Waals surface area contributed by atoms with Gasteiger partial charge < -0.3 is 5.32 Å². The van der Waals surface area contributed by atoms with Gasteiger partial charge in [0.1, 0.15) is 11.6 Å². The molecule has 2 aromatic rings. The summed E-state index contributed by atoms with van der Waals surface area (Å²) in [5.41, 5.74) is 0.928. The zero-order valence-electron chi connectivity index (χ0n) is 9.18. The molecule has 2 rings (SSSR count). The topological polar surface area (TPSA) is 12.0 Å². The highest BCUT2D eigenvalue weighted by molar-refractivity contribution is 9.10. The highest BCUT2D eigenvalue weighted by Crippen LogP contribution is 2.23. The van der Waals surface area contributed by atoms with E-state index >= 15 is 0 Å². The van der Waals surface area contributed by atoms with Crippen LogP contribution in [0.1, 0.15) is 5.56 Å². The molecular formula is C13H9BrClF2N. The molecule has 5 heteroatoms. The van der Waals surface area contributed by atoms with Gasteiger partial charge in [-0.05, 0) is 30.3 Å². The molecular weight excluding hydrogens is 324 g/mol. The summed E-state index contributed by atoms with van der Waals surface area (Å²) in [6, 6.07) is 8.78. The monoisotopic (exact) mass is 331 g/mol. The standard InChI is InChI=1S/C13H9BrClF2N/c14-9-2-1-8(12(17)5-9)7-18-13-6-10(16)3-4-11(13)15/h1-6,18H,7H2. The fourth-order valence-corrected chi connectivity index (χ4v) is 2.01. The fourth-order valence-electron chi connectivity index (χ4n) is 1.49. The molecule has 0 atom stereocenters. The van der Waals surface area contributed by atoms with Crippen molar-refractivity contribution in [2.45, 2.75) is 6.54 Å². The minimum absolute atomic E-state index is 0.238. The van der Waals surface area contributed by atoms with Crippen molar-refractivity contribution in [2.75, 3.05) is 5.32 Å². The number of hydrogen-bond acceptors (Lipinski definition) is 1. The third kappa shape index (κ3) is 3.21. The molecule has 0 spiro atoms. The summed E-state index contributed by atoms with van der Waals surface area (Å²) in [5, 5.41) is 3.30. The van der Waals surface area contributed by atoms with Gasteiger partial charge in [0.25, 0.3) is 0 Å². The minimum atomic E-state index is -0.391. The predicted molar refractivity (Wildman–Crippen MR) is 72.8 cm³/mol. The van der Waals surface area contributed by atoms with Gasteiger partial charge in [-0.15, -0.1) is 0 Å². The molecule has 0 saturated heterocycles. The maximum atomic E-state index is 13.6. The lowest BCUT2D eigenvalue weighted by molar-refractivity contribution is 0.612. The largest absolute Gasteiger partial charge is 0.380 e. The molecule has 0 aromatic heterocycles. The van der Waals surface area contributed by atoms with Gasteiger partial charge in [0.05, 0.1) is 10.7 Å². The first-order valence-electron chi connectivity index (χ1n) is 5.19. The summed E-state index contributed by atoms with van der Waals surface area (Å²) >= 11 is 9.08. The minimum Gasteiger partial charge on any atom is -0.380 e. The second-order valence-corrected chi connectivity index (χ2v) is 5.04. The molecule has 0 amide bonds. The van der Waals surface area contributed by atoms with E-state index in [1.165, 1.54) is 24.3 Å². The highest BCUT2D eigenvalue weighted by atomic mass is 79.9. The predicted octanol–water partition coefficient (Wildman–Crippen LogP) is 4.99. The van der Waals surface area contributed by atoms with E-state index in [1.807, 2.05) is 0 Å². The molecule has 0 fully saturated rings. The van der Waals surface area contributed by atoms with Crippen LogP contribution in [0.25, 0.3) is 0 Å². The molecule has 0 aliphatic carbocycles. The molecule has 0 radical (unpaired) electrons. The van der Waals surface area contributed by atoms with Gasteiger partial charge in [0, 0.05) is 16.6 Å². The van der Waals surface area contributed by atoms with Gasteiger partial charge in [-0.1, -0.05) is 33.6 Å². The van der Waals surface area contributed by atoms with Crippen LogP contribution in [0.15, 0.2) is 40.9 Å². The lowest BCUT2D eigenvalue weighted by Gasteiger charge is -2.09. The first-order valence-corrected chi connectivity index (χ1v) is 6.36. The first kappa shape index (κ1) is 13.3. The van der Waals surface area contributed by atoms with Crippen LogP contribution in [0.2, 0.25) is 5.02 Å². The van der Waals surface area contributed by atoms with Crippen LogP contribution in [0.5, 0.6) is 0 Å². The summed E-state index contributed by atoms with van der Waals surface area (Å²) in [5.74, 6) is -0.720. The third-order valence-corrected chi connectivity index (χ3v) is 3.24. The molecule has 0 aliphatic heterocycles. The van der Waals surface area contributed by atoms with E-state index in [2.05, 4.69) is 21.2 Å². The van der Waals surface area contributed by atoms with E-state index in [0.29, 0.717) is 20.7 Å². The van der Waals surface area contributed by atoms with Crippen LogP contribution in [0, 0.1) is 11.6 Å². The Labute approximate surface area is 117 Å². The van der Waals surface area contributed by atoms with Crippen LogP contribution < -0.4 is 5.32 Å². The molecule has 2 aromatic carbocycles. The van der Waals surface area contributed by atoms with E-state index < -0.39 is 5.82 Å². The fraction of sp³-hybridized carbons (Fsp3) is 0.0769. The van der Waals surface area contributed by atoms with Crippen molar-refractivity contribution in [1.29, 1.82) is 0 Å². The summed E-state index contributed by atoms with van der Waals surface area (Å²) in [7, 11) is 0. The number of hydrogen-bond donors (Lipinski definition) is 1. The second-order valence-electron chi connectivity index (χ2n) is 3.71. The average molecular weight is 333 g/mol. The van der Waals surface area contributed by atoms with Gasteiger partial charge in [-0.3, -0.25) is 0 Å². The average Bonchev–Trinajstić information content (AvgIpc) is 2.32. The van der Waals surface area contributed by atoms with E-state index in [1.54, 1.807) is 12.1 Å². The van der Waals surface area contributed by atoms with Crippen molar-refractivity contribution in [1.82, 2.24) is 0 Å². The Bertz CT molecular complexity index is 575. The van der Waals surface area contributed by atoms with Crippen LogP contribution >= 0.6 is 27.5 Å². The summed E-state index contributed by atoms with van der Waals surface area (Å²) < 4.78 is 27.3. The first-order chi connectivity index (χ1) is 8.56. The third-order valence-electron chi connectivity index (χ3n) is 2.41. The molecule has 1 nitrogen and oxygen atoms in total. The van der Waals surface area contributed by atoms with Crippen molar-refractivity contribution >= 4 is 33.2 Å². The number of nitrogens with one attached hydrogen (secondary N) is 1. The molecule has 0 unspecified atom stereocenters. The van der Waals surface area contributed by atoms with Crippen molar-refractivity contribution < 1.29 is 8.78 Å². The number of rotatable bonds is 3. The van der Waals surface area contributed by atoms with Gasteiger partial charge in [-0.2, -0.15) is 0 Å². The summed E-state index contributed by atoms with van der Waals surface area (Å²) in [6.45, 7) is 0.238. The van der Waals surface area contributed by atoms with E-state index in [-0.39, 0.29) is 12.4 Å². The van der Waals surface area contributed by atoms with Crippen LogP contribution in [-0.4, -0.2) is 0 Å². The van der Waals surface area contributed by atoms with Crippen LogP contribution in [-0.2, 0) is 6.54 Å². The SMILES string of the molecule is Fc1ccc(Cl)c(NCc2ccc(Br)cc2F)c1. The van der Waals surface area contributed by atoms with Gasteiger partial charge in [0.15, 0.2) is 0 Å². The molecule has 94 valence electrons. The highest BCUT2D eigenvalue weighted by Gasteiger charge is 2.05. The Hall–Kier alpha value is -1.13. The van der Waals surface area contributed by atoms with E-state index in [9.17, 15) is 8.78 Å². The van der Waals surface area contributed by atoms with Crippen molar-refractivity contribution in [3.05, 3.63) is 63.1 Å². The Balaban J connectivity index is 2.13. The van der Waals surface area contributed by atoms with Crippen molar-refractivity contribution in [3.63, 3.8) is 0 Å². The lowest BCUT2D eigenvalue weighted by Crippen LogP contribution is -2.02. The molecule has 0 bridgehead atoms.